The van der Waals surface area contributed by atoms with Crippen LogP contribution in [0, 0.1) is 0 Å². The lowest BCUT2D eigenvalue weighted by atomic mass is 10.1. The van der Waals surface area contributed by atoms with Gasteiger partial charge >= 0.3 is 0 Å². The quantitative estimate of drug-likeness (QED) is 0.612. The second kappa shape index (κ2) is 7.64. The van der Waals surface area contributed by atoms with Crippen LogP contribution in [0.5, 0.6) is 0 Å². The van der Waals surface area contributed by atoms with Gasteiger partial charge in [0, 0.05) is 38.2 Å². The van der Waals surface area contributed by atoms with Crippen molar-refractivity contribution in [1.82, 2.24) is 20.3 Å². The lowest BCUT2D eigenvalue weighted by molar-refractivity contribution is -0.138. The highest BCUT2D eigenvalue weighted by Gasteiger charge is 2.28. The number of benzene rings is 1. The molecule has 134 valence electrons. The molecular weight excluding hydrogens is 336 g/mol. The molecule has 4 amide bonds. The largest absolute Gasteiger partial charge is 0.323 e. The number of hydrogen-bond donors (Lipinski definition) is 2. The summed E-state index contributed by atoms with van der Waals surface area (Å²) in [6.45, 7) is 0.0132. The number of amides is 4. The second-order valence-corrected chi connectivity index (χ2v) is 5.80. The minimum Gasteiger partial charge on any atom is -0.323 e. The Bertz CT molecular complexity index is 829. The number of nitrogens with one attached hydrogen (secondary N) is 2. The molecule has 1 fully saturated rings. The van der Waals surface area contributed by atoms with Gasteiger partial charge in [0.05, 0.1) is 11.3 Å². The van der Waals surface area contributed by atoms with Gasteiger partial charge in [0.25, 0.3) is 5.91 Å². The van der Waals surface area contributed by atoms with Crippen molar-refractivity contribution in [3.05, 3.63) is 54.4 Å². The fourth-order valence-electron chi connectivity index (χ4n) is 2.73. The Morgan fingerprint density at radius 2 is 1.58 bits per heavy atom. The summed E-state index contributed by atoms with van der Waals surface area (Å²) in [5.74, 6) is -1.49. The van der Waals surface area contributed by atoms with Gasteiger partial charge in [-0.3, -0.25) is 34.9 Å². The SMILES string of the molecule is O=C(CCN1C(=O)CCC1=O)NNC(=O)c1ccccc1-n1cccc1. The lowest BCUT2D eigenvalue weighted by Gasteiger charge is -2.14. The molecule has 1 aromatic heterocycles. The number of carbonyl (C=O) groups excluding carboxylic acids is 4. The summed E-state index contributed by atoms with van der Waals surface area (Å²) >= 11 is 0. The maximum Gasteiger partial charge on any atom is 0.271 e. The molecule has 0 unspecified atom stereocenters. The van der Waals surface area contributed by atoms with E-state index in [0.717, 1.165) is 4.90 Å². The predicted molar refractivity (Wildman–Crippen MR) is 91.9 cm³/mol. The third-order valence-electron chi connectivity index (χ3n) is 4.06. The molecule has 0 aliphatic carbocycles. The van der Waals surface area contributed by atoms with Gasteiger partial charge in [-0.25, -0.2) is 0 Å². The van der Waals surface area contributed by atoms with Gasteiger partial charge in [-0.05, 0) is 24.3 Å². The summed E-state index contributed by atoms with van der Waals surface area (Å²) < 4.78 is 1.79. The summed E-state index contributed by atoms with van der Waals surface area (Å²) in [4.78, 5) is 48.3. The minimum absolute atomic E-state index is 0.0132. The molecular formula is C18H18N4O4. The number of hydrazine groups is 1. The standard InChI is InChI=1S/C18H18N4O4/c23-15(9-12-22-16(24)7-8-17(22)25)19-20-18(26)13-5-1-2-6-14(13)21-10-3-4-11-21/h1-6,10-11H,7-9,12H2,(H,19,23)(H,20,26). The molecule has 0 atom stereocenters. The zero-order valence-corrected chi connectivity index (χ0v) is 14.0. The maximum atomic E-state index is 12.4. The smallest absolute Gasteiger partial charge is 0.271 e. The molecule has 2 N–H and O–H groups in total. The van der Waals surface area contributed by atoms with Gasteiger partial charge in [-0.15, -0.1) is 0 Å². The number of rotatable bonds is 5. The first kappa shape index (κ1) is 17.4. The van der Waals surface area contributed by atoms with Crippen LogP contribution in [0.1, 0.15) is 29.6 Å². The van der Waals surface area contributed by atoms with Crippen LogP contribution in [-0.2, 0) is 14.4 Å². The van der Waals surface area contributed by atoms with Crippen LogP contribution in [0.25, 0.3) is 5.69 Å². The van der Waals surface area contributed by atoms with E-state index < -0.39 is 11.8 Å². The predicted octanol–water partition coefficient (Wildman–Crippen LogP) is 0.777. The number of nitrogens with zero attached hydrogens (tertiary/aromatic N) is 2. The summed E-state index contributed by atoms with van der Waals surface area (Å²) in [6.07, 6.45) is 3.93. The normalized spacial score (nSPS) is 13.8. The number of carbonyl (C=O) groups is 4. The molecule has 2 aromatic rings. The van der Waals surface area contributed by atoms with Crippen molar-refractivity contribution >= 4 is 23.6 Å². The van der Waals surface area contributed by atoms with E-state index in [4.69, 9.17) is 0 Å². The molecule has 1 aliphatic rings. The molecule has 0 spiro atoms. The Labute approximate surface area is 149 Å². The van der Waals surface area contributed by atoms with E-state index in [2.05, 4.69) is 10.9 Å². The molecule has 8 nitrogen and oxygen atoms in total. The molecule has 1 saturated heterocycles. The van der Waals surface area contributed by atoms with Crippen LogP contribution in [0.15, 0.2) is 48.8 Å². The van der Waals surface area contributed by atoms with E-state index >= 15 is 0 Å². The summed E-state index contributed by atoms with van der Waals surface area (Å²) in [5, 5.41) is 0. The first-order chi connectivity index (χ1) is 12.6. The van der Waals surface area contributed by atoms with E-state index in [9.17, 15) is 19.2 Å². The molecule has 0 radical (unpaired) electrons. The van der Waals surface area contributed by atoms with Crippen LogP contribution in [0.2, 0.25) is 0 Å². The molecule has 2 heterocycles. The highest BCUT2D eigenvalue weighted by atomic mass is 16.2. The molecule has 26 heavy (non-hydrogen) atoms. The monoisotopic (exact) mass is 354 g/mol. The van der Waals surface area contributed by atoms with Gasteiger partial charge in [-0.1, -0.05) is 12.1 Å². The number of imide groups is 1. The Morgan fingerprint density at radius 1 is 0.923 bits per heavy atom. The molecule has 1 aliphatic heterocycles. The van der Waals surface area contributed by atoms with Gasteiger partial charge in [0.2, 0.25) is 17.7 Å². The first-order valence-electron chi connectivity index (χ1n) is 8.21. The lowest BCUT2D eigenvalue weighted by Crippen LogP contribution is -2.43. The van der Waals surface area contributed by atoms with Crippen molar-refractivity contribution in [1.29, 1.82) is 0 Å². The minimum atomic E-state index is -0.482. The van der Waals surface area contributed by atoms with Gasteiger partial charge in [0.15, 0.2) is 0 Å². The first-order valence-corrected chi connectivity index (χ1v) is 8.21. The zero-order chi connectivity index (χ0) is 18.5. The number of hydrogen-bond acceptors (Lipinski definition) is 4. The topological polar surface area (TPSA) is 101 Å². The summed E-state index contributed by atoms with van der Waals surface area (Å²) in [5.41, 5.74) is 5.74. The Kier molecular flexibility index (Phi) is 5.12. The van der Waals surface area contributed by atoms with Crippen LogP contribution in [0.3, 0.4) is 0 Å². The van der Waals surface area contributed by atoms with Gasteiger partial charge in [0.1, 0.15) is 0 Å². The van der Waals surface area contributed by atoms with E-state index in [-0.39, 0.29) is 37.6 Å². The van der Waals surface area contributed by atoms with Crippen molar-refractivity contribution < 1.29 is 19.2 Å². The van der Waals surface area contributed by atoms with E-state index in [1.807, 2.05) is 30.6 Å². The summed E-state index contributed by atoms with van der Waals surface area (Å²) in [6, 6.07) is 10.7. The van der Waals surface area contributed by atoms with Crippen molar-refractivity contribution in [2.75, 3.05) is 6.54 Å². The Balaban J connectivity index is 1.55. The molecule has 1 aromatic carbocycles. The maximum absolute atomic E-state index is 12.4. The highest BCUT2D eigenvalue weighted by molar-refractivity contribution is 6.02. The fraction of sp³-hybridized carbons (Fsp3) is 0.222. The van der Waals surface area contributed by atoms with Gasteiger partial charge in [-0.2, -0.15) is 0 Å². The van der Waals surface area contributed by atoms with Crippen LogP contribution >= 0.6 is 0 Å². The highest BCUT2D eigenvalue weighted by Crippen LogP contribution is 2.14. The zero-order valence-electron chi connectivity index (χ0n) is 14.0. The third kappa shape index (κ3) is 3.80. The van der Waals surface area contributed by atoms with Crippen molar-refractivity contribution in [2.45, 2.75) is 19.3 Å². The van der Waals surface area contributed by atoms with E-state index in [1.54, 1.807) is 22.8 Å². The Morgan fingerprint density at radius 3 is 2.27 bits per heavy atom. The van der Waals surface area contributed by atoms with E-state index in [0.29, 0.717) is 11.3 Å². The molecule has 0 bridgehead atoms. The van der Waals surface area contributed by atoms with Crippen molar-refractivity contribution in [3.63, 3.8) is 0 Å². The molecule has 0 saturated carbocycles. The van der Waals surface area contributed by atoms with Crippen LogP contribution < -0.4 is 10.9 Å². The average Bonchev–Trinajstić information content (AvgIpc) is 3.29. The number of aromatic nitrogens is 1. The third-order valence-corrected chi connectivity index (χ3v) is 4.06. The van der Waals surface area contributed by atoms with Crippen molar-refractivity contribution in [3.8, 4) is 5.69 Å². The summed E-state index contributed by atoms with van der Waals surface area (Å²) in [7, 11) is 0. The molecule has 8 heteroatoms. The van der Waals surface area contributed by atoms with Crippen LogP contribution in [0.4, 0.5) is 0 Å². The Hall–Kier alpha value is -3.42. The van der Waals surface area contributed by atoms with Crippen LogP contribution in [-0.4, -0.2) is 39.6 Å². The van der Waals surface area contributed by atoms with Gasteiger partial charge < -0.3 is 4.57 Å². The van der Waals surface area contributed by atoms with E-state index in [1.165, 1.54) is 0 Å². The van der Waals surface area contributed by atoms with Crippen molar-refractivity contribution in [2.24, 2.45) is 0 Å². The number of likely N-dealkylation sites (tertiary alicyclic amines) is 1. The number of para-hydroxylation sites is 1. The second-order valence-electron chi connectivity index (χ2n) is 5.80. The molecule has 3 rings (SSSR count). The average molecular weight is 354 g/mol. The fourth-order valence-corrected chi connectivity index (χ4v) is 2.73.